The van der Waals surface area contributed by atoms with E-state index >= 15 is 0 Å². The topological polar surface area (TPSA) is 38.2 Å². The summed E-state index contributed by atoms with van der Waals surface area (Å²) < 4.78 is 5.46. The zero-order valence-electron chi connectivity index (χ0n) is 9.56. The lowest BCUT2D eigenvalue weighted by atomic mass is 9.96. The van der Waals surface area contributed by atoms with Gasteiger partial charge in [-0.25, -0.2) is 9.97 Å². The molecule has 1 saturated heterocycles. The van der Waals surface area contributed by atoms with Gasteiger partial charge in [-0.3, -0.25) is 0 Å². The van der Waals surface area contributed by atoms with Crippen LogP contribution >= 0.6 is 11.6 Å². The van der Waals surface area contributed by atoms with Crippen LogP contribution in [-0.4, -0.2) is 36.3 Å². The number of methoxy groups -OCH3 is 1. The molecule has 16 heavy (non-hydrogen) atoms. The molecule has 0 N–H and O–H groups in total. The molecule has 1 aliphatic heterocycles. The molecule has 88 valence electrons. The van der Waals surface area contributed by atoms with Crippen LogP contribution in [0.4, 0.5) is 5.82 Å². The molecule has 2 unspecified atom stereocenters. The van der Waals surface area contributed by atoms with Crippen molar-refractivity contribution in [1.29, 1.82) is 0 Å². The molecule has 2 atom stereocenters. The van der Waals surface area contributed by atoms with Gasteiger partial charge in [-0.1, -0.05) is 18.5 Å². The minimum atomic E-state index is 0.242. The molecule has 1 aliphatic rings. The number of anilines is 1. The van der Waals surface area contributed by atoms with Gasteiger partial charge in [0.25, 0.3) is 0 Å². The quantitative estimate of drug-likeness (QED) is 0.794. The molecule has 1 aromatic rings. The third kappa shape index (κ3) is 2.28. The Balaban J connectivity index is 2.14. The molecule has 2 rings (SSSR count). The normalized spacial score (nSPS) is 25.8. The molecule has 0 radical (unpaired) electrons. The summed E-state index contributed by atoms with van der Waals surface area (Å²) >= 11 is 6.03. The Morgan fingerprint density at radius 1 is 1.44 bits per heavy atom. The first kappa shape index (κ1) is 11.6. The molecule has 5 heteroatoms. The van der Waals surface area contributed by atoms with E-state index in [4.69, 9.17) is 16.3 Å². The second-order valence-electron chi connectivity index (χ2n) is 4.16. The van der Waals surface area contributed by atoms with Gasteiger partial charge >= 0.3 is 0 Å². The first-order valence-corrected chi connectivity index (χ1v) is 5.84. The van der Waals surface area contributed by atoms with Crippen molar-refractivity contribution >= 4 is 17.4 Å². The van der Waals surface area contributed by atoms with Crippen molar-refractivity contribution in [3.8, 4) is 0 Å². The largest absolute Gasteiger partial charge is 0.379 e. The minimum Gasteiger partial charge on any atom is -0.379 e. The molecule has 1 fully saturated rings. The molecular formula is C11H16ClN3O. The van der Waals surface area contributed by atoms with Gasteiger partial charge in [0.1, 0.15) is 0 Å². The van der Waals surface area contributed by atoms with Crippen molar-refractivity contribution < 1.29 is 4.74 Å². The van der Waals surface area contributed by atoms with Gasteiger partial charge in [-0.05, 0) is 12.3 Å². The molecule has 0 amide bonds. The lowest BCUT2D eigenvalue weighted by Gasteiger charge is -2.36. The second kappa shape index (κ2) is 4.97. The fourth-order valence-electron chi connectivity index (χ4n) is 2.06. The summed E-state index contributed by atoms with van der Waals surface area (Å²) in [4.78, 5) is 10.5. The van der Waals surface area contributed by atoms with E-state index in [0.29, 0.717) is 11.1 Å². The van der Waals surface area contributed by atoms with Crippen LogP contribution in [0.2, 0.25) is 5.15 Å². The number of aromatic nitrogens is 2. The monoisotopic (exact) mass is 241 g/mol. The molecule has 0 aliphatic carbocycles. The van der Waals surface area contributed by atoms with Crippen LogP contribution in [0.3, 0.4) is 0 Å². The van der Waals surface area contributed by atoms with Crippen molar-refractivity contribution in [2.24, 2.45) is 5.92 Å². The van der Waals surface area contributed by atoms with E-state index in [1.807, 2.05) is 0 Å². The number of ether oxygens (including phenoxy) is 1. The van der Waals surface area contributed by atoms with Crippen LogP contribution < -0.4 is 4.90 Å². The summed E-state index contributed by atoms with van der Waals surface area (Å²) in [5.74, 6) is 1.34. The van der Waals surface area contributed by atoms with Gasteiger partial charge in [-0.15, -0.1) is 0 Å². The molecule has 4 nitrogen and oxygen atoms in total. The lowest BCUT2D eigenvalue weighted by molar-refractivity contribution is 0.0496. The average Bonchev–Trinajstić information content (AvgIpc) is 2.31. The van der Waals surface area contributed by atoms with E-state index in [1.165, 1.54) is 0 Å². The van der Waals surface area contributed by atoms with E-state index in [0.717, 1.165) is 25.3 Å². The zero-order valence-corrected chi connectivity index (χ0v) is 10.3. The van der Waals surface area contributed by atoms with Gasteiger partial charge in [0.2, 0.25) is 0 Å². The number of hydrogen-bond donors (Lipinski definition) is 0. The molecule has 0 aromatic carbocycles. The molecule has 0 saturated carbocycles. The third-order valence-electron chi connectivity index (χ3n) is 3.13. The van der Waals surface area contributed by atoms with Crippen LogP contribution in [0.25, 0.3) is 0 Å². The summed E-state index contributed by atoms with van der Waals surface area (Å²) in [5.41, 5.74) is 0. The Kier molecular flexibility index (Phi) is 3.61. The van der Waals surface area contributed by atoms with Crippen LogP contribution in [0.1, 0.15) is 13.3 Å². The third-order valence-corrected chi connectivity index (χ3v) is 3.39. The van der Waals surface area contributed by atoms with E-state index in [9.17, 15) is 0 Å². The molecule has 1 aromatic heterocycles. The van der Waals surface area contributed by atoms with E-state index in [1.54, 1.807) is 19.5 Å². The Labute approximate surface area is 101 Å². The highest BCUT2D eigenvalue weighted by atomic mass is 35.5. The van der Waals surface area contributed by atoms with Crippen molar-refractivity contribution in [1.82, 2.24) is 9.97 Å². The van der Waals surface area contributed by atoms with Crippen LogP contribution in [-0.2, 0) is 4.74 Å². The Morgan fingerprint density at radius 2 is 2.19 bits per heavy atom. The van der Waals surface area contributed by atoms with Gasteiger partial charge in [0, 0.05) is 32.6 Å². The summed E-state index contributed by atoms with van der Waals surface area (Å²) in [6.07, 6.45) is 4.60. The van der Waals surface area contributed by atoms with Crippen LogP contribution in [0.15, 0.2) is 12.4 Å². The first-order valence-electron chi connectivity index (χ1n) is 5.46. The fourth-order valence-corrected chi connectivity index (χ4v) is 2.28. The second-order valence-corrected chi connectivity index (χ2v) is 4.51. The Morgan fingerprint density at radius 3 is 2.88 bits per heavy atom. The zero-order chi connectivity index (χ0) is 11.5. The summed E-state index contributed by atoms with van der Waals surface area (Å²) in [6.45, 7) is 4.00. The highest BCUT2D eigenvalue weighted by molar-refractivity contribution is 6.31. The van der Waals surface area contributed by atoms with Gasteiger partial charge in [0.05, 0.1) is 6.10 Å². The fraction of sp³-hybridized carbons (Fsp3) is 0.636. The Hall–Kier alpha value is -0.870. The first-order chi connectivity index (χ1) is 7.72. The van der Waals surface area contributed by atoms with E-state index < -0.39 is 0 Å². The number of nitrogens with zero attached hydrogens (tertiary/aromatic N) is 3. The van der Waals surface area contributed by atoms with Crippen molar-refractivity contribution in [3.05, 3.63) is 17.5 Å². The van der Waals surface area contributed by atoms with Gasteiger partial charge in [0.15, 0.2) is 11.0 Å². The van der Waals surface area contributed by atoms with Crippen LogP contribution in [0, 0.1) is 5.92 Å². The number of piperidine rings is 1. The molecule has 0 bridgehead atoms. The number of halogens is 1. The number of hydrogen-bond acceptors (Lipinski definition) is 4. The summed E-state index contributed by atoms with van der Waals surface area (Å²) in [5, 5.41) is 0.465. The average molecular weight is 242 g/mol. The molecular weight excluding hydrogens is 226 g/mol. The number of rotatable bonds is 2. The molecule has 2 heterocycles. The predicted molar refractivity (Wildman–Crippen MR) is 63.8 cm³/mol. The van der Waals surface area contributed by atoms with Gasteiger partial charge < -0.3 is 9.64 Å². The predicted octanol–water partition coefficient (Wildman–Crippen LogP) is 1.99. The highest BCUT2D eigenvalue weighted by Crippen LogP contribution is 2.26. The van der Waals surface area contributed by atoms with E-state index in [2.05, 4.69) is 21.8 Å². The molecule has 0 spiro atoms. The smallest absolute Gasteiger partial charge is 0.171 e. The SMILES string of the molecule is COC1CN(c2nccnc2Cl)CCC1C. The standard InChI is InChI=1S/C11H16ClN3O/c1-8-3-6-15(7-9(8)16-2)11-10(12)13-4-5-14-11/h4-5,8-9H,3,6-7H2,1-2H3. The maximum atomic E-state index is 6.03. The highest BCUT2D eigenvalue weighted by Gasteiger charge is 2.27. The van der Waals surface area contributed by atoms with Crippen molar-refractivity contribution in [2.45, 2.75) is 19.4 Å². The van der Waals surface area contributed by atoms with Gasteiger partial charge in [-0.2, -0.15) is 0 Å². The summed E-state index contributed by atoms with van der Waals surface area (Å²) in [7, 11) is 1.75. The lowest BCUT2D eigenvalue weighted by Crippen LogP contribution is -2.44. The van der Waals surface area contributed by atoms with Crippen LogP contribution in [0.5, 0.6) is 0 Å². The van der Waals surface area contributed by atoms with Crippen molar-refractivity contribution in [3.63, 3.8) is 0 Å². The van der Waals surface area contributed by atoms with Crippen molar-refractivity contribution in [2.75, 3.05) is 25.1 Å². The summed E-state index contributed by atoms with van der Waals surface area (Å²) in [6, 6.07) is 0. The maximum Gasteiger partial charge on any atom is 0.171 e. The maximum absolute atomic E-state index is 6.03. The minimum absolute atomic E-state index is 0.242. The Bertz CT molecular complexity index is 361. The van der Waals surface area contributed by atoms with E-state index in [-0.39, 0.29) is 6.10 Å².